The molecule has 72 valence electrons. The van der Waals surface area contributed by atoms with Crippen molar-refractivity contribution in [2.45, 2.75) is 6.04 Å². The van der Waals surface area contributed by atoms with Crippen molar-refractivity contribution in [2.75, 3.05) is 7.05 Å². The summed E-state index contributed by atoms with van der Waals surface area (Å²) in [6, 6.07) is 8.71. The SMILES string of the molecule is CNC(=O)[C@@H](N)c1ccccc1.Cl. The van der Waals surface area contributed by atoms with Crippen LogP contribution in [-0.2, 0) is 4.79 Å². The lowest BCUT2D eigenvalue weighted by molar-refractivity contribution is -0.121. The summed E-state index contributed by atoms with van der Waals surface area (Å²) in [6.07, 6.45) is 0. The number of halogens is 1. The minimum absolute atomic E-state index is 0. The molecule has 0 saturated carbocycles. The van der Waals surface area contributed by atoms with E-state index in [1.54, 1.807) is 7.05 Å². The fourth-order valence-electron chi connectivity index (χ4n) is 0.967. The Morgan fingerprint density at radius 3 is 2.38 bits per heavy atom. The molecule has 13 heavy (non-hydrogen) atoms. The van der Waals surface area contributed by atoms with Gasteiger partial charge in [0, 0.05) is 7.05 Å². The van der Waals surface area contributed by atoms with E-state index in [0.717, 1.165) is 5.56 Å². The van der Waals surface area contributed by atoms with Gasteiger partial charge in [-0.2, -0.15) is 0 Å². The maximum Gasteiger partial charge on any atom is 0.241 e. The quantitative estimate of drug-likeness (QED) is 0.744. The number of carbonyl (C=O) groups is 1. The van der Waals surface area contributed by atoms with Crippen LogP contribution >= 0.6 is 12.4 Å². The summed E-state index contributed by atoms with van der Waals surface area (Å²) in [5, 5.41) is 2.50. The average Bonchev–Trinajstić information content (AvgIpc) is 2.17. The van der Waals surface area contributed by atoms with Crippen LogP contribution in [0.3, 0.4) is 0 Å². The highest BCUT2D eigenvalue weighted by Gasteiger charge is 2.12. The molecule has 4 heteroatoms. The van der Waals surface area contributed by atoms with Crippen LogP contribution in [-0.4, -0.2) is 13.0 Å². The Balaban J connectivity index is 0.00000144. The molecule has 0 bridgehead atoms. The smallest absolute Gasteiger partial charge is 0.241 e. The van der Waals surface area contributed by atoms with Crippen LogP contribution in [0.2, 0.25) is 0 Å². The maximum absolute atomic E-state index is 11.1. The van der Waals surface area contributed by atoms with E-state index in [1.165, 1.54) is 0 Å². The molecule has 0 aliphatic carbocycles. The molecule has 0 spiro atoms. The van der Waals surface area contributed by atoms with E-state index >= 15 is 0 Å². The predicted molar refractivity (Wildman–Crippen MR) is 54.7 cm³/mol. The summed E-state index contributed by atoms with van der Waals surface area (Å²) in [6.45, 7) is 0. The molecule has 3 nitrogen and oxygen atoms in total. The zero-order valence-corrected chi connectivity index (χ0v) is 8.17. The summed E-state index contributed by atoms with van der Waals surface area (Å²) in [5.41, 5.74) is 6.47. The van der Waals surface area contributed by atoms with Gasteiger partial charge in [0.1, 0.15) is 6.04 Å². The molecule has 0 aliphatic heterocycles. The molecule has 1 aromatic rings. The van der Waals surface area contributed by atoms with Gasteiger partial charge in [0.15, 0.2) is 0 Å². The second-order valence-corrected chi connectivity index (χ2v) is 2.50. The van der Waals surface area contributed by atoms with Crippen molar-refractivity contribution in [1.29, 1.82) is 0 Å². The van der Waals surface area contributed by atoms with Crippen molar-refractivity contribution >= 4 is 18.3 Å². The van der Waals surface area contributed by atoms with Gasteiger partial charge in [-0.25, -0.2) is 0 Å². The van der Waals surface area contributed by atoms with E-state index in [1.807, 2.05) is 30.3 Å². The van der Waals surface area contributed by atoms with Crippen LogP contribution in [0.5, 0.6) is 0 Å². The van der Waals surface area contributed by atoms with Crippen LogP contribution in [0, 0.1) is 0 Å². The molecule has 0 aromatic heterocycles. The number of rotatable bonds is 2. The molecule has 1 atom stereocenters. The molecular formula is C9H13ClN2O. The van der Waals surface area contributed by atoms with Gasteiger partial charge in [-0.05, 0) is 5.56 Å². The van der Waals surface area contributed by atoms with Gasteiger partial charge in [-0.1, -0.05) is 30.3 Å². The fourth-order valence-corrected chi connectivity index (χ4v) is 0.967. The largest absolute Gasteiger partial charge is 0.358 e. The highest BCUT2D eigenvalue weighted by molar-refractivity contribution is 5.85. The van der Waals surface area contributed by atoms with Gasteiger partial charge < -0.3 is 11.1 Å². The van der Waals surface area contributed by atoms with Crippen LogP contribution in [0.15, 0.2) is 30.3 Å². The van der Waals surface area contributed by atoms with Crippen molar-refractivity contribution in [3.05, 3.63) is 35.9 Å². The summed E-state index contributed by atoms with van der Waals surface area (Å²) in [4.78, 5) is 11.1. The zero-order chi connectivity index (χ0) is 8.97. The van der Waals surface area contributed by atoms with Crippen molar-refractivity contribution < 1.29 is 4.79 Å². The lowest BCUT2D eigenvalue weighted by Crippen LogP contribution is -2.31. The second-order valence-electron chi connectivity index (χ2n) is 2.50. The summed E-state index contributed by atoms with van der Waals surface area (Å²) in [7, 11) is 1.57. The molecule has 3 N–H and O–H groups in total. The maximum atomic E-state index is 11.1. The molecule has 0 aliphatic rings. The summed E-state index contributed by atoms with van der Waals surface area (Å²) in [5.74, 6) is -0.166. The Kier molecular flexibility index (Phi) is 5.11. The normalized spacial score (nSPS) is 11.2. The second kappa shape index (κ2) is 5.56. The highest BCUT2D eigenvalue weighted by Crippen LogP contribution is 2.08. The molecular weight excluding hydrogens is 188 g/mol. The first-order chi connectivity index (χ1) is 5.75. The Morgan fingerprint density at radius 1 is 1.38 bits per heavy atom. The first-order valence-corrected chi connectivity index (χ1v) is 3.78. The number of likely N-dealkylation sites (N-methyl/N-ethyl adjacent to an activating group) is 1. The number of amides is 1. The Hall–Kier alpha value is -1.06. The standard InChI is InChI=1S/C9H12N2O.ClH/c1-11-9(12)8(10)7-5-3-2-4-6-7;/h2-6,8H,10H2,1H3,(H,11,12);1H/t8-;/m0./s1. The molecule has 0 fully saturated rings. The third-order valence-electron chi connectivity index (χ3n) is 1.69. The van der Waals surface area contributed by atoms with E-state index in [4.69, 9.17) is 5.73 Å². The number of carbonyl (C=O) groups excluding carboxylic acids is 1. The third kappa shape index (κ3) is 3.05. The number of hydrogen-bond acceptors (Lipinski definition) is 2. The number of hydrogen-bond donors (Lipinski definition) is 2. The van der Waals surface area contributed by atoms with Crippen molar-refractivity contribution in [3.8, 4) is 0 Å². The van der Waals surface area contributed by atoms with Crippen LogP contribution < -0.4 is 11.1 Å². The van der Waals surface area contributed by atoms with Crippen LogP contribution in [0.1, 0.15) is 11.6 Å². The van der Waals surface area contributed by atoms with E-state index in [2.05, 4.69) is 5.32 Å². The first-order valence-electron chi connectivity index (χ1n) is 3.78. The van der Waals surface area contributed by atoms with E-state index in [9.17, 15) is 4.79 Å². The fraction of sp³-hybridized carbons (Fsp3) is 0.222. The zero-order valence-electron chi connectivity index (χ0n) is 7.36. The molecule has 1 aromatic carbocycles. The molecule has 0 radical (unpaired) electrons. The Morgan fingerprint density at radius 2 is 1.92 bits per heavy atom. The molecule has 1 amide bonds. The van der Waals surface area contributed by atoms with E-state index < -0.39 is 6.04 Å². The summed E-state index contributed by atoms with van der Waals surface area (Å²) >= 11 is 0. The van der Waals surface area contributed by atoms with Crippen molar-refractivity contribution in [3.63, 3.8) is 0 Å². The highest BCUT2D eigenvalue weighted by atomic mass is 35.5. The Labute approximate surface area is 83.7 Å². The van der Waals surface area contributed by atoms with Gasteiger partial charge in [0.25, 0.3) is 0 Å². The average molecular weight is 201 g/mol. The molecule has 1 rings (SSSR count). The van der Waals surface area contributed by atoms with Crippen LogP contribution in [0.4, 0.5) is 0 Å². The van der Waals surface area contributed by atoms with Gasteiger partial charge in [-0.3, -0.25) is 4.79 Å². The van der Waals surface area contributed by atoms with E-state index in [0.29, 0.717) is 0 Å². The Bertz CT molecular complexity index is 264. The first kappa shape index (κ1) is 11.9. The number of benzene rings is 1. The minimum atomic E-state index is -0.559. The number of nitrogens with one attached hydrogen (secondary N) is 1. The van der Waals surface area contributed by atoms with Crippen LogP contribution in [0.25, 0.3) is 0 Å². The minimum Gasteiger partial charge on any atom is -0.358 e. The topological polar surface area (TPSA) is 55.1 Å². The summed E-state index contributed by atoms with van der Waals surface area (Å²) < 4.78 is 0. The van der Waals surface area contributed by atoms with Crippen molar-refractivity contribution in [1.82, 2.24) is 5.32 Å². The van der Waals surface area contributed by atoms with Gasteiger partial charge in [0.05, 0.1) is 0 Å². The predicted octanol–water partition coefficient (Wildman–Crippen LogP) is 0.854. The van der Waals surface area contributed by atoms with Crippen molar-refractivity contribution in [2.24, 2.45) is 5.73 Å². The molecule has 0 saturated heterocycles. The monoisotopic (exact) mass is 200 g/mol. The third-order valence-corrected chi connectivity index (χ3v) is 1.69. The molecule has 0 heterocycles. The van der Waals surface area contributed by atoms with E-state index in [-0.39, 0.29) is 18.3 Å². The number of nitrogens with two attached hydrogens (primary N) is 1. The lowest BCUT2D eigenvalue weighted by Gasteiger charge is -2.09. The lowest BCUT2D eigenvalue weighted by atomic mass is 10.1. The van der Waals surface area contributed by atoms with Gasteiger partial charge in [0.2, 0.25) is 5.91 Å². The van der Waals surface area contributed by atoms with Gasteiger partial charge >= 0.3 is 0 Å². The van der Waals surface area contributed by atoms with Gasteiger partial charge in [-0.15, -0.1) is 12.4 Å². The molecule has 0 unspecified atom stereocenters.